The summed E-state index contributed by atoms with van der Waals surface area (Å²) in [6, 6.07) is 11.6. The molecule has 1 heterocycles. The summed E-state index contributed by atoms with van der Waals surface area (Å²) in [6.07, 6.45) is 2.50. The SMILES string of the molecule is CN=C(NCCOc1ccc(Br)cc1)NCCc1ccco1. The molecule has 0 saturated carbocycles. The van der Waals surface area contributed by atoms with Crippen LogP contribution in [0.1, 0.15) is 5.76 Å². The van der Waals surface area contributed by atoms with Crippen molar-refractivity contribution in [3.63, 3.8) is 0 Å². The summed E-state index contributed by atoms with van der Waals surface area (Å²) in [4.78, 5) is 4.17. The van der Waals surface area contributed by atoms with Gasteiger partial charge >= 0.3 is 0 Å². The Labute approximate surface area is 138 Å². The van der Waals surface area contributed by atoms with Crippen molar-refractivity contribution in [1.82, 2.24) is 10.6 Å². The number of ether oxygens (including phenoxy) is 1. The topological polar surface area (TPSA) is 58.8 Å². The normalized spacial score (nSPS) is 11.3. The molecule has 22 heavy (non-hydrogen) atoms. The van der Waals surface area contributed by atoms with Crippen LogP contribution in [0.5, 0.6) is 5.75 Å². The van der Waals surface area contributed by atoms with Crippen LogP contribution in [0.25, 0.3) is 0 Å². The van der Waals surface area contributed by atoms with E-state index in [-0.39, 0.29) is 0 Å². The molecule has 0 aliphatic heterocycles. The second-order valence-electron chi connectivity index (χ2n) is 4.56. The minimum absolute atomic E-state index is 0.570. The van der Waals surface area contributed by atoms with E-state index in [9.17, 15) is 0 Å². The summed E-state index contributed by atoms with van der Waals surface area (Å²) in [7, 11) is 1.75. The Morgan fingerprint density at radius 2 is 1.95 bits per heavy atom. The third-order valence-corrected chi connectivity index (χ3v) is 3.47. The maximum atomic E-state index is 5.64. The van der Waals surface area contributed by atoms with E-state index < -0.39 is 0 Å². The third-order valence-electron chi connectivity index (χ3n) is 2.94. The van der Waals surface area contributed by atoms with Gasteiger partial charge in [-0.15, -0.1) is 0 Å². The summed E-state index contributed by atoms with van der Waals surface area (Å²) in [5.74, 6) is 2.57. The fourth-order valence-electron chi connectivity index (χ4n) is 1.85. The van der Waals surface area contributed by atoms with Crippen molar-refractivity contribution in [2.75, 3.05) is 26.7 Å². The van der Waals surface area contributed by atoms with Gasteiger partial charge < -0.3 is 19.8 Å². The molecular formula is C16H20BrN3O2. The lowest BCUT2D eigenvalue weighted by Gasteiger charge is -2.12. The number of hydrogen-bond donors (Lipinski definition) is 2. The molecule has 118 valence electrons. The zero-order chi connectivity index (χ0) is 15.6. The van der Waals surface area contributed by atoms with Crippen LogP contribution in [0.4, 0.5) is 0 Å². The summed E-state index contributed by atoms with van der Waals surface area (Å²) in [6.45, 7) is 2.01. The molecule has 0 aliphatic rings. The van der Waals surface area contributed by atoms with Crippen molar-refractivity contribution < 1.29 is 9.15 Å². The molecule has 0 fully saturated rings. The average molecular weight is 366 g/mol. The number of furan rings is 1. The van der Waals surface area contributed by atoms with Crippen molar-refractivity contribution in [3.05, 3.63) is 52.9 Å². The number of guanidine groups is 1. The summed E-state index contributed by atoms with van der Waals surface area (Å²) in [5, 5.41) is 6.44. The predicted molar refractivity (Wildman–Crippen MR) is 91.4 cm³/mol. The maximum Gasteiger partial charge on any atom is 0.191 e. The molecule has 0 radical (unpaired) electrons. The lowest BCUT2D eigenvalue weighted by atomic mass is 10.3. The first-order chi connectivity index (χ1) is 10.8. The first kappa shape index (κ1) is 16.4. The van der Waals surface area contributed by atoms with E-state index in [2.05, 4.69) is 31.6 Å². The van der Waals surface area contributed by atoms with Gasteiger partial charge in [0.05, 0.1) is 12.8 Å². The molecule has 0 atom stereocenters. The summed E-state index contributed by atoms with van der Waals surface area (Å²) >= 11 is 3.40. The lowest BCUT2D eigenvalue weighted by Crippen LogP contribution is -2.40. The highest BCUT2D eigenvalue weighted by Crippen LogP contribution is 2.15. The van der Waals surface area contributed by atoms with Crippen LogP contribution in [-0.4, -0.2) is 32.7 Å². The fourth-order valence-corrected chi connectivity index (χ4v) is 2.11. The van der Waals surface area contributed by atoms with Gasteiger partial charge in [-0.3, -0.25) is 4.99 Å². The van der Waals surface area contributed by atoms with Gasteiger partial charge in [-0.25, -0.2) is 0 Å². The molecule has 0 bridgehead atoms. The number of nitrogens with zero attached hydrogens (tertiary/aromatic N) is 1. The predicted octanol–water partition coefficient (Wildman–Crippen LogP) is 2.83. The molecule has 0 unspecified atom stereocenters. The van der Waals surface area contributed by atoms with Gasteiger partial charge in [-0.2, -0.15) is 0 Å². The molecule has 2 N–H and O–H groups in total. The molecular weight excluding hydrogens is 346 g/mol. The van der Waals surface area contributed by atoms with E-state index in [1.165, 1.54) is 0 Å². The third kappa shape index (κ3) is 5.81. The van der Waals surface area contributed by atoms with Crippen LogP contribution in [0.3, 0.4) is 0 Å². The van der Waals surface area contributed by atoms with Gasteiger partial charge in [0.1, 0.15) is 18.1 Å². The molecule has 6 heteroatoms. The zero-order valence-electron chi connectivity index (χ0n) is 12.5. The number of rotatable bonds is 7. The number of hydrogen-bond acceptors (Lipinski definition) is 3. The number of benzene rings is 1. The average Bonchev–Trinajstić information content (AvgIpc) is 3.04. The monoisotopic (exact) mass is 365 g/mol. The van der Waals surface area contributed by atoms with Crippen molar-refractivity contribution in [1.29, 1.82) is 0 Å². The Morgan fingerprint density at radius 1 is 1.18 bits per heavy atom. The quantitative estimate of drug-likeness (QED) is 0.450. The second kappa shape index (κ2) is 9.15. The van der Waals surface area contributed by atoms with Gasteiger partial charge in [0.25, 0.3) is 0 Å². The first-order valence-electron chi connectivity index (χ1n) is 7.13. The first-order valence-corrected chi connectivity index (χ1v) is 7.92. The van der Waals surface area contributed by atoms with E-state index in [1.54, 1.807) is 13.3 Å². The molecule has 0 amide bonds. The Bertz CT molecular complexity index is 568. The van der Waals surface area contributed by atoms with Gasteiger partial charge in [0.15, 0.2) is 5.96 Å². The van der Waals surface area contributed by atoms with E-state index in [0.717, 1.165) is 34.9 Å². The van der Waals surface area contributed by atoms with Gasteiger partial charge in [0.2, 0.25) is 0 Å². The second-order valence-corrected chi connectivity index (χ2v) is 5.47. The van der Waals surface area contributed by atoms with Crippen molar-refractivity contribution in [2.45, 2.75) is 6.42 Å². The van der Waals surface area contributed by atoms with Crippen LogP contribution >= 0.6 is 15.9 Å². The molecule has 0 aliphatic carbocycles. The molecule has 2 aromatic rings. The van der Waals surface area contributed by atoms with Crippen molar-refractivity contribution >= 4 is 21.9 Å². The highest BCUT2D eigenvalue weighted by molar-refractivity contribution is 9.10. The maximum absolute atomic E-state index is 5.64. The molecule has 0 spiro atoms. The number of halogens is 1. The Kier molecular flexibility index (Phi) is 6.83. The van der Waals surface area contributed by atoms with E-state index in [0.29, 0.717) is 13.2 Å². The van der Waals surface area contributed by atoms with Crippen LogP contribution in [0.2, 0.25) is 0 Å². The highest BCUT2D eigenvalue weighted by Gasteiger charge is 1.99. The number of aliphatic imine (C=N–C) groups is 1. The molecule has 2 rings (SSSR count). The Morgan fingerprint density at radius 3 is 2.64 bits per heavy atom. The van der Waals surface area contributed by atoms with Crippen LogP contribution in [0, 0.1) is 0 Å². The van der Waals surface area contributed by atoms with Crippen LogP contribution < -0.4 is 15.4 Å². The van der Waals surface area contributed by atoms with E-state index in [4.69, 9.17) is 9.15 Å². The minimum Gasteiger partial charge on any atom is -0.492 e. The zero-order valence-corrected chi connectivity index (χ0v) is 14.1. The summed E-state index contributed by atoms with van der Waals surface area (Å²) in [5.41, 5.74) is 0. The van der Waals surface area contributed by atoms with Crippen LogP contribution in [0.15, 0.2) is 56.5 Å². The van der Waals surface area contributed by atoms with Crippen molar-refractivity contribution in [3.8, 4) is 5.75 Å². The molecule has 5 nitrogen and oxygen atoms in total. The van der Waals surface area contributed by atoms with Crippen molar-refractivity contribution in [2.24, 2.45) is 4.99 Å². The minimum atomic E-state index is 0.570. The molecule has 1 aromatic heterocycles. The standard InChI is InChI=1S/C16H20BrN3O2/c1-18-16(19-9-8-14-3-2-11-21-14)20-10-12-22-15-6-4-13(17)5-7-15/h2-7,11H,8-10,12H2,1H3,(H2,18,19,20). The lowest BCUT2D eigenvalue weighted by molar-refractivity contribution is 0.322. The Balaban J connectivity index is 1.60. The van der Waals surface area contributed by atoms with Gasteiger partial charge in [0, 0.05) is 24.5 Å². The van der Waals surface area contributed by atoms with E-state index in [1.807, 2.05) is 36.4 Å². The fraction of sp³-hybridized carbons (Fsp3) is 0.312. The van der Waals surface area contributed by atoms with E-state index >= 15 is 0 Å². The smallest absolute Gasteiger partial charge is 0.191 e. The Hall–Kier alpha value is -1.95. The molecule has 0 saturated heterocycles. The number of nitrogens with one attached hydrogen (secondary N) is 2. The highest BCUT2D eigenvalue weighted by atomic mass is 79.9. The van der Waals surface area contributed by atoms with Crippen LogP contribution in [-0.2, 0) is 6.42 Å². The summed E-state index contributed by atoms with van der Waals surface area (Å²) < 4.78 is 12.0. The largest absolute Gasteiger partial charge is 0.492 e. The van der Waals surface area contributed by atoms with Gasteiger partial charge in [-0.05, 0) is 36.4 Å². The molecule has 1 aromatic carbocycles. The van der Waals surface area contributed by atoms with Gasteiger partial charge in [-0.1, -0.05) is 15.9 Å².